The maximum Gasteiger partial charge on any atom is 0.335 e. The smallest absolute Gasteiger partial charge is 0.335 e. The van der Waals surface area contributed by atoms with Crippen LogP contribution in [0.5, 0.6) is 0 Å². The van der Waals surface area contributed by atoms with Gasteiger partial charge in [-0.1, -0.05) is 0 Å². The second-order valence-electron chi connectivity index (χ2n) is 1.39. The summed E-state index contributed by atoms with van der Waals surface area (Å²) < 4.78 is 0. The van der Waals surface area contributed by atoms with E-state index in [1.165, 1.54) is 6.33 Å². The minimum absolute atomic E-state index is 0.144. The predicted molar refractivity (Wildman–Crippen MR) is 28.0 cm³/mol. The van der Waals surface area contributed by atoms with Crippen LogP contribution in [0.4, 0.5) is 5.82 Å². The zero-order valence-electron chi connectivity index (χ0n) is 4.46. The first-order valence-corrected chi connectivity index (χ1v) is 2.27. The summed E-state index contributed by atoms with van der Waals surface area (Å²) in [5.74, 6) is 0.144. The molecule has 0 amide bonds. The van der Waals surface area contributed by atoms with Gasteiger partial charge in [-0.05, 0) is 4.98 Å². The highest BCUT2D eigenvalue weighted by Crippen LogP contribution is 1.95. The highest BCUT2D eigenvalue weighted by molar-refractivity contribution is 5.76. The summed E-state index contributed by atoms with van der Waals surface area (Å²) in [5.41, 5.74) is 8.48. The molecule has 5 nitrogen and oxygen atoms in total. The Kier molecular flexibility index (Phi) is 1.35. The quantitative estimate of drug-likeness (QED) is 0.389. The number of hydrogen-bond acceptors (Lipinski definition) is 2. The van der Waals surface area contributed by atoms with E-state index in [-0.39, 0.29) is 11.5 Å². The molecule has 0 aliphatic heterocycles. The van der Waals surface area contributed by atoms with Gasteiger partial charge in [0, 0.05) is 0 Å². The number of aldehydes is 1. The summed E-state index contributed by atoms with van der Waals surface area (Å²) in [4.78, 5) is 16.1. The number of aromatic nitrogens is 2. The minimum atomic E-state index is 0.144. The number of carbonyl (C=O) groups is 1. The molecule has 5 heteroatoms. The zero-order chi connectivity index (χ0) is 6.69. The first-order valence-electron chi connectivity index (χ1n) is 2.27. The normalized spacial score (nSPS) is 8.89. The van der Waals surface area contributed by atoms with Crippen molar-refractivity contribution in [1.82, 2.24) is 9.97 Å². The molecule has 9 heavy (non-hydrogen) atoms. The number of hydrogen-bond donors (Lipinski definition) is 2. The molecule has 1 aromatic rings. The van der Waals surface area contributed by atoms with Crippen LogP contribution >= 0.6 is 0 Å². The van der Waals surface area contributed by atoms with Crippen molar-refractivity contribution in [2.24, 2.45) is 0 Å². The summed E-state index contributed by atoms with van der Waals surface area (Å²) in [6.07, 6.45) is 1.87. The molecule has 0 bridgehead atoms. The summed E-state index contributed by atoms with van der Waals surface area (Å²) >= 11 is 0. The number of imidazole rings is 1. The second-order valence-corrected chi connectivity index (χ2v) is 1.39. The third-order valence-corrected chi connectivity index (χ3v) is 0.893. The Morgan fingerprint density at radius 3 is 3.11 bits per heavy atom. The zero-order valence-corrected chi connectivity index (χ0v) is 4.46. The summed E-state index contributed by atoms with van der Waals surface area (Å²) in [5, 5.41) is 1.75. The fourth-order valence-corrected chi connectivity index (χ4v) is 0.483. The molecule has 0 aliphatic rings. The number of nitrogens with zero attached hydrogens (tertiary/aromatic N) is 2. The second kappa shape index (κ2) is 2.17. The summed E-state index contributed by atoms with van der Waals surface area (Å²) in [6, 6.07) is 0. The first-order chi connectivity index (χ1) is 4.38. The molecule has 0 saturated carbocycles. The lowest BCUT2D eigenvalue weighted by molar-refractivity contribution is -0.384. The molecule has 46 valence electrons. The van der Waals surface area contributed by atoms with E-state index in [4.69, 9.17) is 5.53 Å². The van der Waals surface area contributed by atoms with Gasteiger partial charge < -0.3 is 15.6 Å². The third-order valence-electron chi connectivity index (χ3n) is 0.893. The van der Waals surface area contributed by atoms with E-state index in [1.807, 2.05) is 0 Å². The van der Waals surface area contributed by atoms with Crippen LogP contribution in [0.15, 0.2) is 6.33 Å². The standard InChI is InChI=1S/C4H4N4O/c5-8-4-3(1-9)6-2-7-4/h1-2,8H,(H,6,7). The Balaban J connectivity index is 3.12. The van der Waals surface area contributed by atoms with Crippen LogP contribution < -0.4 is 5.11 Å². The molecule has 0 saturated heterocycles. The molecule has 0 fully saturated rings. The van der Waals surface area contributed by atoms with E-state index >= 15 is 0 Å². The number of rotatable bonds is 2. The molecule has 0 unspecified atom stereocenters. The third kappa shape index (κ3) is 0.835. The molecule has 0 aliphatic carbocycles. The topological polar surface area (TPSA) is 82.0 Å². The average Bonchev–Trinajstić information content (AvgIpc) is 2.33. The molecular formula is C4H4N4O. The molecule has 2 N–H and O–H groups in total. The molecule has 0 atom stereocenters. The van der Waals surface area contributed by atoms with Gasteiger partial charge in [-0.3, -0.25) is 4.79 Å². The molecule has 0 radical (unpaired) electrons. The predicted octanol–water partition coefficient (Wildman–Crippen LogP) is -1.04. The van der Waals surface area contributed by atoms with Crippen LogP contribution in [0, 0.1) is 0 Å². The van der Waals surface area contributed by atoms with Crippen molar-refractivity contribution in [2.45, 2.75) is 0 Å². The summed E-state index contributed by atoms with van der Waals surface area (Å²) in [6.45, 7) is 0. The van der Waals surface area contributed by atoms with Gasteiger partial charge in [0.1, 0.15) is 0 Å². The molecule has 1 heterocycles. The van der Waals surface area contributed by atoms with Gasteiger partial charge in [0.2, 0.25) is 6.33 Å². The highest BCUT2D eigenvalue weighted by Gasteiger charge is 2.05. The van der Waals surface area contributed by atoms with Crippen LogP contribution in [0.3, 0.4) is 0 Å². The molecule has 1 rings (SSSR count). The van der Waals surface area contributed by atoms with Crippen LogP contribution in [-0.2, 0) is 0 Å². The van der Waals surface area contributed by atoms with Crippen LogP contribution in [0.1, 0.15) is 10.5 Å². The van der Waals surface area contributed by atoms with E-state index in [0.717, 1.165) is 0 Å². The lowest BCUT2D eigenvalue weighted by atomic mass is 10.5. The number of carbonyl (C=O) groups excluding carboxylic acids is 1. The Bertz CT molecular complexity index is 206. The fourth-order valence-electron chi connectivity index (χ4n) is 0.483. The minimum Gasteiger partial charge on any atom is -0.614 e. The fraction of sp³-hybridized carbons (Fsp3) is 0. The largest absolute Gasteiger partial charge is 0.614 e. The lowest BCUT2D eigenvalue weighted by Gasteiger charge is -1.78. The van der Waals surface area contributed by atoms with Gasteiger partial charge in [0.15, 0.2) is 12.0 Å². The Morgan fingerprint density at radius 1 is 1.89 bits per heavy atom. The van der Waals surface area contributed by atoms with E-state index in [2.05, 4.69) is 9.97 Å². The van der Waals surface area contributed by atoms with Gasteiger partial charge in [0.05, 0.1) is 0 Å². The van der Waals surface area contributed by atoms with E-state index in [0.29, 0.717) is 6.29 Å². The summed E-state index contributed by atoms with van der Waals surface area (Å²) in [7, 11) is 0. The molecule has 0 aromatic carbocycles. The van der Waals surface area contributed by atoms with Crippen LogP contribution in [0.2, 0.25) is 0 Å². The number of aromatic amines is 1. The van der Waals surface area contributed by atoms with Gasteiger partial charge in [-0.25, -0.2) is 0 Å². The van der Waals surface area contributed by atoms with Crippen molar-refractivity contribution in [3.63, 3.8) is 0 Å². The van der Waals surface area contributed by atoms with Gasteiger partial charge in [0.25, 0.3) is 0 Å². The Labute approximate surface area is 50.6 Å². The van der Waals surface area contributed by atoms with Crippen molar-refractivity contribution >= 4 is 12.1 Å². The van der Waals surface area contributed by atoms with Crippen molar-refractivity contribution < 1.29 is 9.91 Å². The van der Waals surface area contributed by atoms with E-state index in [1.54, 1.807) is 5.11 Å². The molecule has 1 aromatic heterocycles. The van der Waals surface area contributed by atoms with Crippen LogP contribution in [0.25, 0.3) is 5.53 Å². The van der Waals surface area contributed by atoms with Crippen molar-refractivity contribution in [2.75, 3.05) is 0 Å². The van der Waals surface area contributed by atoms with E-state index in [9.17, 15) is 4.79 Å². The first kappa shape index (κ1) is 5.61. The number of nitrogens with one attached hydrogen (secondary N) is 2. The lowest BCUT2D eigenvalue weighted by Crippen LogP contribution is -2.55. The van der Waals surface area contributed by atoms with Gasteiger partial charge in [-0.15, -0.1) is 0 Å². The van der Waals surface area contributed by atoms with Gasteiger partial charge >= 0.3 is 5.82 Å². The SMILES string of the molecule is [N-]=[NH+]c1nc[nH]c1C=O. The number of H-pyrrole nitrogens is 1. The maximum absolute atomic E-state index is 10.0. The highest BCUT2D eigenvalue weighted by atomic mass is 16.1. The molecule has 0 spiro atoms. The average molecular weight is 124 g/mol. The van der Waals surface area contributed by atoms with Crippen molar-refractivity contribution in [1.29, 1.82) is 0 Å². The molecular weight excluding hydrogens is 120 g/mol. The van der Waals surface area contributed by atoms with Crippen molar-refractivity contribution in [3.05, 3.63) is 17.6 Å². The Morgan fingerprint density at radius 2 is 2.67 bits per heavy atom. The van der Waals surface area contributed by atoms with Gasteiger partial charge in [-0.2, -0.15) is 0 Å². The van der Waals surface area contributed by atoms with E-state index < -0.39 is 0 Å². The van der Waals surface area contributed by atoms with Crippen LogP contribution in [-0.4, -0.2) is 16.3 Å². The maximum atomic E-state index is 10.0. The monoisotopic (exact) mass is 124 g/mol. The Hall–Kier alpha value is -1.52. The van der Waals surface area contributed by atoms with Crippen molar-refractivity contribution in [3.8, 4) is 0 Å².